The van der Waals surface area contributed by atoms with Crippen LogP contribution in [0.4, 0.5) is 0 Å². The van der Waals surface area contributed by atoms with E-state index in [1.807, 2.05) is 20.8 Å². The van der Waals surface area contributed by atoms with Crippen molar-refractivity contribution < 1.29 is 9.53 Å². The number of carbonyl (C=O) groups is 1. The number of rotatable bonds is 6. The molecule has 0 unspecified atom stereocenters. The highest BCUT2D eigenvalue weighted by Crippen LogP contribution is 2.32. The molecule has 0 aliphatic rings. The molecule has 0 N–H and O–H groups in total. The van der Waals surface area contributed by atoms with Gasteiger partial charge in [-0.1, -0.05) is 19.9 Å². The topological polar surface area (TPSA) is 26.3 Å². The van der Waals surface area contributed by atoms with Gasteiger partial charge in [-0.05, 0) is 26.2 Å². The van der Waals surface area contributed by atoms with E-state index in [4.69, 9.17) is 4.74 Å². The highest BCUT2D eigenvalue weighted by atomic mass is 16.5. The minimum atomic E-state index is -0.336. The van der Waals surface area contributed by atoms with Crippen molar-refractivity contribution in [3.63, 3.8) is 0 Å². The zero-order valence-corrected chi connectivity index (χ0v) is 8.93. The molecule has 2 heteroatoms. The van der Waals surface area contributed by atoms with Crippen molar-refractivity contribution in [1.82, 2.24) is 0 Å². The number of hydrogen-bond donors (Lipinski definition) is 0. The molecular weight excluding hydrogens is 164 g/mol. The van der Waals surface area contributed by atoms with E-state index in [0.717, 1.165) is 12.8 Å². The summed E-state index contributed by atoms with van der Waals surface area (Å²) in [6.07, 6.45) is 4.13. The van der Waals surface area contributed by atoms with Crippen LogP contribution in [0.3, 0.4) is 0 Å². The van der Waals surface area contributed by atoms with Gasteiger partial charge in [-0.25, -0.2) is 0 Å². The van der Waals surface area contributed by atoms with E-state index in [9.17, 15) is 4.79 Å². The van der Waals surface area contributed by atoms with Gasteiger partial charge < -0.3 is 4.74 Å². The lowest BCUT2D eigenvalue weighted by Gasteiger charge is -2.27. The minimum Gasteiger partial charge on any atom is -0.466 e. The summed E-state index contributed by atoms with van der Waals surface area (Å²) in [4.78, 5) is 11.6. The summed E-state index contributed by atoms with van der Waals surface area (Å²) in [5, 5.41) is 0. The first-order chi connectivity index (χ1) is 6.16. The third-order valence-corrected chi connectivity index (χ3v) is 2.60. The first-order valence-corrected chi connectivity index (χ1v) is 4.95. The van der Waals surface area contributed by atoms with Gasteiger partial charge in [-0.2, -0.15) is 0 Å². The van der Waals surface area contributed by atoms with Gasteiger partial charge >= 0.3 is 5.97 Å². The molecule has 0 saturated heterocycles. The summed E-state index contributed by atoms with van der Waals surface area (Å²) < 4.78 is 5.06. The van der Waals surface area contributed by atoms with E-state index in [0.29, 0.717) is 13.0 Å². The molecular formula is C11H20O2. The van der Waals surface area contributed by atoms with E-state index < -0.39 is 0 Å². The van der Waals surface area contributed by atoms with Crippen molar-refractivity contribution >= 4 is 5.97 Å². The van der Waals surface area contributed by atoms with Crippen LogP contribution in [-0.2, 0) is 9.53 Å². The van der Waals surface area contributed by atoms with Crippen LogP contribution in [0.15, 0.2) is 12.7 Å². The summed E-state index contributed by atoms with van der Waals surface area (Å²) in [6, 6.07) is 0. The molecule has 0 spiro atoms. The molecule has 2 nitrogen and oxygen atoms in total. The Bertz CT molecular complexity index is 169. The molecule has 0 aromatic carbocycles. The second kappa shape index (κ2) is 5.79. The standard InChI is InChI=1S/C11H20O2/c1-5-9-11(6-2,7-3)10(12)13-8-4/h5H,1,6-9H2,2-4H3. The highest BCUT2D eigenvalue weighted by Gasteiger charge is 2.34. The van der Waals surface area contributed by atoms with E-state index in [-0.39, 0.29) is 11.4 Å². The fourth-order valence-electron chi connectivity index (χ4n) is 1.47. The summed E-state index contributed by atoms with van der Waals surface area (Å²) in [6.45, 7) is 10.0. The summed E-state index contributed by atoms with van der Waals surface area (Å²) in [5.74, 6) is -0.0834. The van der Waals surface area contributed by atoms with Gasteiger partial charge in [-0.3, -0.25) is 4.79 Å². The molecule has 0 aromatic heterocycles. The zero-order chi connectivity index (χ0) is 10.3. The number of hydrogen-bond acceptors (Lipinski definition) is 2. The monoisotopic (exact) mass is 184 g/mol. The number of allylic oxidation sites excluding steroid dienone is 1. The van der Waals surface area contributed by atoms with E-state index in [2.05, 4.69) is 6.58 Å². The molecule has 0 heterocycles. The molecule has 0 aliphatic heterocycles. The van der Waals surface area contributed by atoms with Gasteiger partial charge in [-0.15, -0.1) is 6.58 Å². The Morgan fingerprint density at radius 1 is 1.38 bits per heavy atom. The van der Waals surface area contributed by atoms with E-state index >= 15 is 0 Å². The van der Waals surface area contributed by atoms with Crippen molar-refractivity contribution in [2.45, 2.75) is 40.0 Å². The van der Waals surface area contributed by atoms with Crippen LogP contribution in [0, 0.1) is 5.41 Å². The van der Waals surface area contributed by atoms with Crippen molar-refractivity contribution in [1.29, 1.82) is 0 Å². The Hall–Kier alpha value is -0.790. The van der Waals surface area contributed by atoms with E-state index in [1.165, 1.54) is 0 Å². The fraction of sp³-hybridized carbons (Fsp3) is 0.727. The molecule has 13 heavy (non-hydrogen) atoms. The molecule has 0 saturated carbocycles. The van der Waals surface area contributed by atoms with Crippen molar-refractivity contribution in [3.05, 3.63) is 12.7 Å². The van der Waals surface area contributed by atoms with Gasteiger partial charge in [0.25, 0.3) is 0 Å². The first-order valence-electron chi connectivity index (χ1n) is 4.95. The molecule has 76 valence electrons. The number of carbonyl (C=O) groups excluding carboxylic acids is 1. The minimum absolute atomic E-state index is 0.0834. The lowest BCUT2D eigenvalue weighted by molar-refractivity contribution is -0.155. The third kappa shape index (κ3) is 2.87. The lowest BCUT2D eigenvalue weighted by Crippen LogP contribution is -2.31. The van der Waals surface area contributed by atoms with Crippen LogP contribution in [0.1, 0.15) is 40.0 Å². The van der Waals surface area contributed by atoms with Crippen LogP contribution in [-0.4, -0.2) is 12.6 Å². The van der Waals surface area contributed by atoms with Crippen LogP contribution in [0.25, 0.3) is 0 Å². The molecule has 0 atom stereocenters. The molecule has 0 aromatic rings. The summed E-state index contributed by atoms with van der Waals surface area (Å²) in [7, 11) is 0. The second-order valence-electron chi connectivity index (χ2n) is 3.20. The van der Waals surface area contributed by atoms with Gasteiger partial charge in [0, 0.05) is 0 Å². The first kappa shape index (κ1) is 12.2. The predicted molar refractivity (Wildman–Crippen MR) is 54.5 cm³/mol. The number of ether oxygens (including phenoxy) is 1. The quantitative estimate of drug-likeness (QED) is 0.468. The van der Waals surface area contributed by atoms with Crippen molar-refractivity contribution in [2.24, 2.45) is 5.41 Å². The molecule has 0 rings (SSSR count). The lowest BCUT2D eigenvalue weighted by atomic mass is 9.79. The van der Waals surface area contributed by atoms with E-state index in [1.54, 1.807) is 6.08 Å². The SMILES string of the molecule is C=CCC(CC)(CC)C(=O)OCC. The smallest absolute Gasteiger partial charge is 0.312 e. The van der Waals surface area contributed by atoms with Crippen molar-refractivity contribution in [3.8, 4) is 0 Å². The molecule has 0 fully saturated rings. The summed E-state index contributed by atoms with van der Waals surface area (Å²) in [5.41, 5.74) is -0.336. The Labute approximate surface area is 81.0 Å². The maximum Gasteiger partial charge on any atom is 0.312 e. The molecule has 0 bridgehead atoms. The average molecular weight is 184 g/mol. The second-order valence-corrected chi connectivity index (χ2v) is 3.20. The third-order valence-electron chi connectivity index (χ3n) is 2.60. The van der Waals surface area contributed by atoms with Gasteiger partial charge in [0.2, 0.25) is 0 Å². The van der Waals surface area contributed by atoms with Gasteiger partial charge in [0.1, 0.15) is 0 Å². The fourth-order valence-corrected chi connectivity index (χ4v) is 1.47. The summed E-state index contributed by atoms with van der Waals surface area (Å²) >= 11 is 0. The average Bonchev–Trinajstić information content (AvgIpc) is 2.14. The van der Waals surface area contributed by atoms with Crippen LogP contribution < -0.4 is 0 Å². The predicted octanol–water partition coefficient (Wildman–Crippen LogP) is 2.93. The van der Waals surface area contributed by atoms with Crippen LogP contribution in [0.5, 0.6) is 0 Å². The molecule has 0 aliphatic carbocycles. The van der Waals surface area contributed by atoms with Crippen LogP contribution >= 0.6 is 0 Å². The zero-order valence-electron chi connectivity index (χ0n) is 8.93. The van der Waals surface area contributed by atoms with Crippen LogP contribution in [0.2, 0.25) is 0 Å². The Kier molecular flexibility index (Phi) is 5.44. The molecule has 0 amide bonds. The highest BCUT2D eigenvalue weighted by molar-refractivity contribution is 5.76. The van der Waals surface area contributed by atoms with Crippen molar-refractivity contribution in [2.75, 3.05) is 6.61 Å². The Morgan fingerprint density at radius 3 is 2.23 bits per heavy atom. The normalized spacial score (nSPS) is 11.0. The Morgan fingerprint density at radius 2 is 1.92 bits per heavy atom. The largest absolute Gasteiger partial charge is 0.466 e. The number of esters is 1. The molecule has 0 radical (unpaired) electrons. The Balaban J connectivity index is 4.52. The van der Waals surface area contributed by atoms with Gasteiger partial charge in [0.05, 0.1) is 12.0 Å². The maximum atomic E-state index is 11.6. The maximum absolute atomic E-state index is 11.6. The van der Waals surface area contributed by atoms with Gasteiger partial charge in [0.15, 0.2) is 0 Å².